The van der Waals surface area contributed by atoms with Crippen molar-refractivity contribution < 1.29 is 4.74 Å². The highest BCUT2D eigenvalue weighted by Gasteiger charge is 2.25. The van der Waals surface area contributed by atoms with Crippen LogP contribution < -0.4 is 4.74 Å². The minimum Gasteiger partial charge on any atom is -0.492 e. The SMILES string of the molecule is [B]C1(C)C=Cc2cccc(-c3nc4ccccc4n3C)c2O1. The second-order valence-corrected chi connectivity index (χ2v) is 5.83. The average Bonchev–Trinajstić information content (AvgIpc) is 2.83. The number of aryl methyl sites for hydroxylation is 1. The molecule has 0 aliphatic carbocycles. The Kier molecular flexibility index (Phi) is 2.70. The van der Waals surface area contributed by atoms with E-state index in [-0.39, 0.29) is 0 Å². The number of hydrogen-bond acceptors (Lipinski definition) is 2. The maximum atomic E-state index is 6.12. The van der Waals surface area contributed by atoms with E-state index in [1.807, 2.05) is 62.5 Å². The van der Waals surface area contributed by atoms with E-state index < -0.39 is 5.50 Å². The second kappa shape index (κ2) is 4.50. The van der Waals surface area contributed by atoms with Crippen LogP contribution >= 0.6 is 0 Å². The summed E-state index contributed by atoms with van der Waals surface area (Å²) in [6.07, 6.45) is 3.87. The fourth-order valence-electron chi connectivity index (χ4n) is 2.87. The summed E-state index contributed by atoms with van der Waals surface area (Å²) in [5, 5.41) is 0. The first-order valence-electron chi connectivity index (χ1n) is 7.27. The predicted molar refractivity (Wildman–Crippen MR) is 90.0 cm³/mol. The molecule has 1 unspecified atom stereocenters. The number of para-hydroxylation sites is 3. The maximum Gasteiger partial charge on any atom is 0.144 e. The molecule has 4 heteroatoms. The molecule has 2 heterocycles. The summed E-state index contributed by atoms with van der Waals surface area (Å²) in [7, 11) is 8.13. The lowest BCUT2D eigenvalue weighted by Gasteiger charge is -2.30. The van der Waals surface area contributed by atoms with E-state index in [1.54, 1.807) is 0 Å². The van der Waals surface area contributed by atoms with Crippen molar-refractivity contribution in [1.29, 1.82) is 0 Å². The zero-order valence-corrected chi connectivity index (χ0v) is 12.6. The number of nitrogens with zero attached hydrogens (tertiary/aromatic N) is 2. The van der Waals surface area contributed by atoms with Crippen LogP contribution in [0.2, 0.25) is 0 Å². The van der Waals surface area contributed by atoms with Crippen LogP contribution in [0, 0.1) is 0 Å². The lowest BCUT2D eigenvalue weighted by Crippen LogP contribution is -2.32. The van der Waals surface area contributed by atoms with E-state index in [9.17, 15) is 0 Å². The molecular formula is C18H15BN2O. The van der Waals surface area contributed by atoms with E-state index in [0.29, 0.717) is 0 Å². The number of imidazole rings is 1. The molecule has 0 spiro atoms. The standard InChI is InChI=1S/C18H15BN2O/c1-18(19)11-10-12-6-5-7-13(16(12)22-18)17-20-14-8-3-4-9-15(14)21(17)2/h3-11H,1-2H3. The van der Waals surface area contributed by atoms with Gasteiger partial charge in [-0.05, 0) is 25.1 Å². The number of hydrogen-bond donors (Lipinski definition) is 0. The highest BCUT2D eigenvalue weighted by atomic mass is 16.5. The Bertz CT molecular complexity index is 909. The fraction of sp³-hybridized carbons (Fsp3) is 0.167. The second-order valence-electron chi connectivity index (χ2n) is 5.83. The third-order valence-corrected chi connectivity index (χ3v) is 3.99. The molecule has 0 saturated carbocycles. The molecule has 0 N–H and O–H groups in total. The number of fused-ring (bicyclic) bond motifs is 2. The third-order valence-electron chi connectivity index (χ3n) is 3.99. The normalized spacial score (nSPS) is 19.9. The van der Waals surface area contributed by atoms with Gasteiger partial charge in [-0.2, -0.15) is 0 Å². The van der Waals surface area contributed by atoms with Crippen LogP contribution in [0.5, 0.6) is 5.75 Å². The van der Waals surface area contributed by atoms with Crippen molar-refractivity contribution in [3.63, 3.8) is 0 Å². The van der Waals surface area contributed by atoms with Gasteiger partial charge in [0.1, 0.15) is 19.4 Å². The van der Waals surface area contributed by atoms with Crippen LogP contribution in [0.25, 0.3) is 28.5 Å². The molecule has 0 bridgehead atoms. The summed E-state index contributed by atoms with van der Waals surface area (Å²) in [6.45, 7) is 1.85. The predicted octanol–water partition coefficient (Wildman–Crippen LogP) is 3.53. The van der Waals surface area contributed by atoms with Crippen LogP contribution in [0.15, 0.2) is 48.5 Å². The molecule has 4 rings (SSSR count). The van der Waals surface area contributed by atoms with E-state index >= 15 is 0 Å². The Labute approximate surface area is 130 Å². The topological polar surface area (TPSA) is 27.1 Å². The van der Waals surface area contributed by atoms with Gasteiger partial charge in [0.15, 0.2) is 0 Å². The van der Waals surface area contributed by atoms with Crippen LogP contribution in [0.4, 0.5) is 0 Å². The third kappa shape index (κ3) is 1.95. The van der Waals surface area contributed by atoms with Crippen molar-refractivity contribution in [3.05, 3.63) is 54.1 Å². The van der Waals surface area contributed by atoms with Crippen LogP contribution in [0.1, 0.15) is 12.5 Å². The Balaban J connectivity index is 1.97. The summed E-state index contributed by atoms with van der Waals surface area (Å²) < 4.78 is 8.08. The molecule has 2 radical (unpaired) electrons. The van der Waals surface area contributed by atoms with Crippen molar-refractivity contribution >= 4 is 25.0 Å². The number of rotatable bonds is 1. The fourth-order valence-corrected chi connectivity index (χ4v) is 2.87. The van der Waals surface area contributed by atoms with Crippen LogP contribution in [-0.2, 0) is 7.05 Å². The molecule has 1 aliphatic heterocycles. The Morgan fingerprint density at radius 3 is 2.77 bits per heavy atom. The van der Waals surface area contributed by atoms with Crippen molar-refractivity contribution in [2.75, 3.05) is 0 Å². The molecule has 22 heavy (non-hydrogen) atoms. The van der Waals surface area contributed by atoms with Gasteiger partial charge < -0.3 is 9.30 Å². The first-order valence-corrected chi connectivity index (χ1v) is 7.27. The zero-order valence-electron chi connectivity index (χ0n) is 12.6. The molecule has 1 aromatic heterocycles. The first-order chi connectivity index (χ1) is 10.6. The van der Waals surface area contributed by atoms with Gasteiger partial charge in [-0.3, -0.25) is 0 Å². The van der Waals surface area contributed by atoms with Gasteiger partial charge in [0.2, 0.25) is 0 Å². The van der Waals surface area contributed by atoms with Gasteiger partial charge in [-0.15, -0.1) is 0 Å². The lowest BCUT2D eigenvalue weighted by molar-refractivity contribution is 0.225. The molecule has 0 amide bonds. The van der Waals surface area contributed by atoms with Gasteiger partial charge in [0.05, 0.1) is 22.1 Å². The Hall–Kier alpha value is -2.49. The van der Waals surface area contributed by atoms with Crippen molar-refractivity contribution in [2.24, 2.45) is 7.05 Å². The van der Waals surface area contributed by atoms with E-state index in [4.69, 9.17) is 17.6 Å². The summed E-state index contributed by atoms with van der Waals surface area (Å²) in [4.78, 5) is 4.76. The molecule has 3 aromatic rings. The lowest BCUT2D eigenvalue weighted by atomic mass is 9.81. The molecule has 0 saturated heterocycles. The van der Waals surface area contributed by atoms with Gasteiger partial charge in [-0.25, -0.2) is 4.98 Å². The minimum atomic E-state index is -0.798. The van der Waals surface area contributed by atoms with Gasteiger partial charge >= 0.3 is 0 Å². The molecule has 0 fully saturated rings. The minimum absolute atomic E-state index is 0.786. The van der Waals surface area contributed by atoms with Crippen LogP contribution in [0.3, 0.4) is 0 Å². The molecule has 1 atom stereocenters. The molecule has 1 aliphatic rings. The zero-order chi connectivity index (χ0) is 15.3. The number of benzene rings is 2. The number of aromatic nitrogens is 2. The van der Waals surface area contributed by atoms with Crippen molar-refractivity contribution in [3.8, 4) is 17.1 Å². The quantitative estimate of drug-likeness (QED) is 0.640. The average molecular weight is 286 g/mol. The van der Waals surface area contributed by atoms with Crippen molar-refractivity contribution in [2.45, 2.75) is 12.4 Å². The van der Waals surface area contributed by atoms with Gasteiger partial charge in [-0.1, -0.05) is 36.4 Å². The molecule has 2 aromatic carbocycles. The maximum absolute atomic E-state index is 6.12. The Morgan fingerprint density at radius 2 is 1.95 bits per heavy atom. The monoisotopic (exact) mass is 286 g/mol. The molecular weight excluding hydrogens is 271 g/mol. The van der Waals surface area contributed by atoms with Crippen LogP contribution in [-0.4, -0.2) is 22.9 Å². The molecule has 3 nitrogen and oxygen atoms in total. The summed E-state index contributed by atoms with van der Waals surface area (Å²) in [5.41, 5.74) is 3.24. The van der Waals surface area contributed by atoms with Gasteiger partial charge in [0.25, 0.3) is 0 Å². The summed E-state index contributed by atoms with van der Waals surface area (Å²) in [6, 6.07) is 14.2. The largest absolute Gasteiger partial charge is 0.492 e. The van der Waals surface area contributed by atoms with Gasteiger partial charge in [0, 0.05) is 12.6 Å². The summed E-state index contributed by atoms with van der Waals surface area (Å²) >= 11 is 0. The summed E-state index contributed by atoms with van der Waals surface area (Å²) in [5.74, 6) is 1.66. The Morgan fingerprint density at radius 1 is 1.14 bits per heavy atom. The van der Waals surface area contributed by atoms with E-state index in [0.717, 1.165) is 33.7 Å². The van der Waals surface area contributed by atoms with E-state index in [2.05, 4.69) is 10.6 Å². The highest BCUT2D eigenvalue weighted by molar-refractivity contribution is 6.16. The molecule has 106 valence electrons. The first kappa shape index (κ1) is 13.2. The highest BCUT2D eigenvalue weighted by Crippen LogP contribution is 2.39. The van der Waals surface area contributed by atoms with E-state index in [1.165, 1.54) is 0 Å². The number of ether oxygens (including phenoxy) is 1. The van der Waals surface area contributed by atoms with Crippen molar-refractivity contribution in [1.82, 2.24) is 9.55 Å². The smallest absolute Gasteiger partial charge is 0.144 e.